The van der Waals surface area contributed by atoms with Crippen molar-refractivity contribution in [3.8, 4) is 27.9 Å². The van der Waals surface area contributed by atoms with Crippen LogP contribution < -0.4 is 4.90 Å². The Morgan fingerprint density at radius 3 is 1.94 bits per heavy atom. The predicted molar refractivity (Wildman–Crippen MR) is 211 cm³/mol. The fourth-order valence-corrected chi connectivity index (χ4v) is 7.48. The summed E-state index contributed by atoms with van der Waals surface area (Å²) >= 11 is 0. The molecule has 10 aromatic rings. The summed E-state index contributed by atoms with van der Waals surface area (Å²) in [6.07, 6.45) is 3.77. The van der Waals surface area contributed by atoms with Gasteiger partial charge in [0.15, 0.2) is 0 Å². The summed E-state index contributed by atoms with van der Waals surface area (Å²) in [7, 11) is 0. The SMILES string of the molecule is c1ccc(-c2cccc(N(c3ccccc3)c3ccc4c5cc(-c6ccc7oc8ccccc8c7c6)ccc5n(-c5cccnc5)c4c3)c2)cc1. The lowest BCUT2D eigenvalue weighted by molar-refractivity contribution is 0.669. The highest BCUT2D eigenvalue weighted by Crippen LogP contribution is 2.42. The summed E-state index contributed by atoms with van der Waals surface area (Å²) in [5.74, 6) is 0. The summed E-state index contributed by atoms with van der Waals surface area (Å²) in [5, 5.41) is 4.63. The van der Waals surface area contributed by atoms with Crippen molar-refractivity contribution in [2.75, 3.05) is 4.90 Å². The van der Waals surface area contributed by atoms with Gasteiger partial charge >= 0.3 is 0 Å². The first-order valence-corrected chi connectivity index (χ1v) is 17.2. The van der Waals surface area contributed by atoms with Crippen LogP contribution in [0.3, 0.4) is 0 Å². The molecule has 240 valence electrons. The maximum Gasteiger partial charge on any atom is 0.135 e. The van der Waals surface area contributed by atoms with Gasteiger partial charge in [-0.1, -0.05) is 97.1 Å². The van der Waals surface area contributed by atoms with E-state index < -0.39 is 0 Å². The molecule has 0 aliphatic carbocycles. The molecule has 51 heavy (non-hydrogen) atoms. The summed E-state index contributed by atoms with van der Waals surface area (Å²) in [6, 6.07) is 62.4. The Hall–Kier alpha value is -6.91. The van der Waals surface area contributed by atoms with Gasteiger partial charge in [-0.15, -0.1) is 0 Å². The molecule has 0 N–H and O–H groups in total. The largest absolute Gasteiger partial charge is 0.456 e. The van der Waals surface area contributed by atoms with Crippen LogP contribution in [-0.2, 0) is 0 Å². The molecule has 0 amide bonds. The van der Waals surface area contributed by atoms with Crippen LogP contribution in [0.2, 0.25) is 0 Å². The van der Waals surface area contributed by atoms with Crippen molar-refractivity contribution >= 4 is 60.8 Å². The monoisotopic (exact) mass is 653 g/mol. The standard InChI is InChI=1S/C47H31N3O/c1-3-11-32(12-4-1)33-13-9-16-37(27-33)49(36-14-5-2-6-15-36)38-22-23-40-42-28-34(20-24-44(42)50(45(40)30-38)39-17-10-26-48-31-39)35-21-25-47-43(29-35)41-18-7-8-19-46(41)51-47/h1-31H. The fourth-order valence-electron chi connectivity index (χ4n) is 7.48. The number of hydrogen-bond acceptors (Lipinski definition) is 3. The Morgan fingerprint density at radius 1 is 0.412 bits per heavy atom. The predicted octanol–water partition coefficient (Wildman–Crippen LogP) is 12.9. The van der Waals surface area contributed by atoms with Crippen molar-refractivity contribution < 1.29 is 4.42 Å². The molecular weight excluding hydrogens is 623 g/mol. The molecular formula is C47H31N3O. The molecule has 7 aromatic carbocycles. The molecule has 0 aliphatic heterocycles. The maximum absolute atomic E-state index is 6.13. The van der Waals surface area contributed by atoms with Crippen LogP contribution in [0.15, 0.2) is 193 Å². The minimum Gasteiger partial charge on any atom is -0.456 e. The Kier molecular flexibility index (Phi) is 6.78. The number of para-hydroxylation sites is 2. The van der Waals surface area contributed by atoms with Gasteiger partial charge in [0.25, 0.3) is 0 Å². The molecule has 3 aromatic heterocycles. The number of furan rings is 1. The quantitative estimate of drug-likeness (QED) is 0.179. The highest BCUT2D eigenvalue weighted by Gasteiger charge is 2.19. The molecule has 0 unspecified atom stereocenters. The Bertz CT molecular complexity index is 2850. The van der Waals surface area contributed by atoms with Crippen LogP contribution in [-0.4, -0.2) is 9.55 Å². The van der Waals surface area contributed by atoms with E-state index in [1.54, 1.807) is 0 Å². The number of benzene rings is 7. The van der Waals surface area contributed by atoms with Crippen LogP contribution in [0.25, 0.3) is 71.7 Å². The van der Waals surface area contributed by atoms with Gasteiger partial charge in [0, 0.05) is 44.8 Å². The van der Waals surface area contributed by atoms with Crippen LogP contribution in [0.1, 0.15) is 0 Å². The van der Waals surface area contributed by atoms with E-state index >= 15 is 0 Å². The lowest BCUT2D eigenvalue weighted by atomic mass is 10.0. The first kappa shape index (κ1) is 29.0. The molecule has 4 nitrogen and oxygen atoms in total. The summed E-state index contributed by atoms with van der Waals surface area (Å²) in [5.41, 5.74) is 13.0. The van der Waals surface area contributed by atoms with E-state index in [4.69, 9.17) is 4.42 Å². The van der Waals surface area contributed by atoms with Gasteiger partial charge in [0.2, 0.25) is 0 Å². The lowest BCUT2D eigenvalue weighted by Gasteiger charge is -2.26. The van der Waals surface area contributed by atoms with Crippen LogP contribution in [0, 0.1) is 0 Å². The van der Waals surface area contributed by atoms with Crippen molar-refractivity contribution in [1.29, 1.82) is 0 Å². The zero-order valence-electron chi connectivity index (χ0n) is 27.6. The Labute approximate surface area is 295 Å². The summed E-state index contributed by atoms with van der Waals surface area (Å²) < 4.78 is 8.47. The van der Waals surface area contributed by atoms with Gasteiger partial charge in [-0.05, 0) is 101 Å². The molecule has 0 radical (unpaired) electrons. The van der Waals surface area contributed by atoms with E-state index in [1.807, 2.05) is 30.6 Å². The smallest absolute Gasteiger partial charge is 0.135 e. The van der Waals surface area contributed by atoms with Gasteiger partial charge in [0.1, 0.15) is 11.2 Å². The van der Waals surface area contributed by atoms with E-state index in [0.29, 0.717) is 0 Å². The van der Waals surface area contributed by atoms with Gasteiger partial charge < -0.3 is 13.9 Å². The molecule has 0 spiro atoms. The fraction of sp³-hybridized carbons (Fsp3) is 0. The molecule has 0 fully saturated rings. The third-order valence-electron chi connectivity index (χ3n) is 9.85. The molecule has 0 atom stereocenters. The molecule has 0 aliphatic rings. The number of nitrogens with zero attached hydrogens (tertiary/aromatic N) is 3. The molecule has 4 heteroatoms. The second-order valence-corrected chi connectivity index (χ2v) is 12.9. The third kappa shape index (κ3) is 4.96. The minimum atomic E-state index is 0.902. The maximum atomic E-state index is 6.13. The molecule has 0 saturated carbocycles. The first-order chi connectivity index (χ1) is 25.3. The summed E-state index contributed by atoms with van der Waals surface area (Å²) in [4.78, 5) is 6.86. The molecule has 0 bridgehead atoms. The van der Waals surface area contributed by atoms with Gasteiger partial charge in [0.05, 0.1) is 22.9 Å². The van der Waals surface area contributed by atoms with Gasteiger partial charge in [-0.3, -0.25) is 4.98 Å². The van der Waals surface area contributed by atoms with Crippen LogP contribution in [0.4, 0.5) is 17.1 Å². The van der Waals surface area contributed by atoms with Crippen LogP contribution in [0.5, 0.6) is 0 Å². The lowest BCUT2D eigenvalue weighted by Crippen LogP contribution is -2.10. The molecule has 0 saturated heterocycles. The number of aromatic nitrogens is 2. The average Bonchev–Trinajstić information content (AvgIpc) is 3.74. The first-order valence-electron chi connectivity index (χ1n) is 17.2. The van der Waals surface area contributed by atoms with Crippen molar-refractivity contribution in [3.63, 3.8) is 0 Å². The van der Waals surface area contributed by atoms with E-state index in [1.165, 1.54) is 21.9 Å². The van der Waals surface area contributed by atoms with E-state index in [9.17, 15) is 0 Å². The number of fused-ring (bicyclic) bond motifs is 6. The topological polar surface area (TPSA) is 34.2 Å². The number of anilines is 3. The zero-order valence-corrected chi connectivity index (χ0v) is 27.6. The Morgan fingerprint density at radius 2 is 1.10 bits per heavy atom. The molecule has 3 heterocycles. The van der Waals surface area contributed by atoms with E-state index in [-0.39, 0.29) is 0 Å². The second kappa shape index (κ2) is 11.9. The number of rotatable bonds is 6. The van der Waals surface area contributed by atoms with Crippen molar-refractivity contribution in [3.05, 3.63) is 188 Å². The number of hydrogen-bond donors (Lipinski definition) is 0. The Balaban J connectivity index is 1.17. The third-order valence-corrected chi connectivity index (χ3v) is 9.85. The van der Waals surface area contributed by atoms with Crippen molar-refractivity contribution in [2.45, 2.75) is 0 Å². The van der Waals surface area contributed by atoms with Crippen LogP contribution >= 0.6 is 0 Å². The van der Waals surface area contributed by atoms with E-state index in [0.717, 1.165) is 66.8 Å². The van der Waals surface area contributed by atoms with Crippen molar-refractivity contribution in [1.82, 2.24) is 9.55 Å². The van der Waals surface area contributed by atoms with E-state index in [2.05, 4.69) is 172 Å². The highest BCUT2D eigenvalue weighted by molar-refractivity contribution is 6.12. The highest BCUT2D eigenvalue weighted by atomic mass is 16.3. The number of pyridine rings is 1. The second-order valence-electron chi connectivity index (χ2n) is 12.9. The van der Waals surface area contributed by atoms with Crippen molar-refractivity contribution in [2.24, 2.45) is 0 Å². The molecule has 10 rings (SSSR count). The zero-order chi connectivity index (χ0) is 33.7. The summed E-state index contributed by atoms with van der Waals surface area (Å²) in [6.45, 7) is 0. The van der Waals surface area contributed by atoms with Gasteiger partial charge in [-0.2, -0.15) is 0 Å². The normalized spacial score (nSPS) is 11.5. The minimum absolute atomic E-state index is 0.902. The van der Waals surface area contributed by atoms with Gasteiger partial charge in [-0.25, -0.2) is 0 Å². The average molecular weight is 654 g/mol.